The molecule has 0 fully saturated rings. The molecular weight excluding hydrogens is 348 g/mol. The van der Waals surface area contributed by atoms with E-state index >= 15 is 0 Å². The van der Waals surface area contributed by atoms with Gasteiger partial charge in [-0.05, 0) is 48.7 Å². The highest BCUT2D eigenvalue weighted by atomic mass is 35.5. The van der Waals surface area contributed by atoms with E-state index < -0.39 is 10.0 Å². The highest BCUT2D eigenvalue weighted by molar-refractivity contribution is 7.89. The molecule has 7 heteroatoms. The number of nitrogens with one attached hydrogen (secondary N) is 2. The predicted molar refractivity (Wildman–Crippen MR) is 95.8 cm³/mol. The molecule has 0 radical (unpaired) electrons. The van der Waals surface area contributed by atoms with Crippen LogP contribution >= 0.6 is 11.6 Å². The molecule has 0 aliphatic carbocycles. The molecule has 5 nitrogen and oxygen atoms in total. The second-order valence-corrected chi connectivity index (χ2v) is 7.61. The van der Waals surface area contributed by atoms with Crippen molar-refractivity contribution in [3.8, 4) is 0 Å². The smallest absolute Gasteiger partial charge is 0.240 e. The highest BCUT2D eigenvalue weighted by Gasteiger charge is 2.17. The van der Waals surface area contributed by atoms with Crippen molar-refractivity contribution in [2.45, 2.75) is 25.2 Å². The van der Waals surface area contributed by atoms with E-state index in [9.17, 15) is 13.2 Å². The van der Waals surface area contributed by atoms with Crippen molar-refractivity contribution in [1.29, 1.82) is 0 Å². The molecule has 2 aromatic rings. The molecule has 0 atom stereocenters. The van der Waals surface area contributed by atoms with E-state index in [2.05, 4.69) is 10.0 Å². The van der Waals surface area contributed by atoms with Crippen LogP contribution in [0.3, 0.4) is 0 Å². The van der Waals surface area contributed by atoms with E-state index in [1.807, 2.05) is 12.1 Å². The maximum absolute atomic E-state index is 12.5. The van der Waals surface area contributed by atoms with Gasteiger partial charge in [-0.25, -0.2) is 13.1 Å². The standard InChI is InChI=1S/C17H19ClN2O3S/c1-12-3-8-16(20-13(2)21)11-17(12)24(22,23)19-10-9-14-4-6-15(18)7-5-14/h3-8,11,19H,9-10H2,1-2H3,(H,20,21). The molecule has 0 saturated carbocycles. The van der Waals surface area contributed by atoms with Gasteiger partial charge in [0, 0.05) is 24.2 Å². The van der Waals surface area contributed by atoms with Crippen molar-refractivity contribution in [3.05, 3.63) is 58.6 Å². The van der Waals surface area contributed by atoms with Gasteiger partial charge in [-0.3, -0.25) is 4.79 Å². The van der Waals surface area contributed by atoms with Crippen LogP contribution in [0.25, 0.3) is 0 Å². The van der Waals surface area contributed by atoms with Crippen molar-refractivity contribution in [2.75, 3.05) is 11.9 Å². The molecule has 2 N–H and O–H groups in total. The van der Waals surface area contributed by atoms with E-state index in [-0.39, 0.29) is 17.3 Å². The minimum Gasteiger partial charge on any atom is -0.326 e. The van der Waals surface area contributed by atoms with Gasteiger partial charge < -0.3 is 5.32 Å². The molecule has 2 rings (SSSR count). The van der Waals surface area contributed by atoms with Crippen molar-refractivity contribution < 1.29 is 13.2 Å². The lowest BCUT2D eigenvalue weighted by Gasteiger charge is -2.11. The maximum atomic E-state index is 12.5. The summed E-state index contributed by atoms with van der Waals surface area (Å²) in [6, 6.07) is 12.1. The maximum Gasteiger partial charge on any atom is 0.240 e. The van der Waals surface area contributed by atoms with Gasteiger partial charge in [0.1, 0.15) is 0 Å². The van der Waals surface area contributed by atoms with Gasteiger partial charge in [0.05, 0.1) is 4.90 Å². The summed E-state index contributed by atoms with van der Waals surface area (Å²) in [5.74, 6) is -0.252. The van der Waals surface area contributed by atoms with Crippen LogP contribution in [0.4, 0.5) is 5.69 Å². The Morgan fingerprint density at radius 2 is 1.79 bits per heavy atom. The molecule has 0 heterocycles. The van der Waals surface area contributed by atoms with Crippen LogP contribution in [-0.4, -0.2) is 20.9 Å². The fourth-order valence-electron chi connectivity index (χ4n) is 2.23. The van der Waals surface area contributed by atoms with Crippen molar-refractivity contribution >= 4 is 33.2 Å². The molecule has 0 saturated heterocycles. The average Bonchev–Trinajstić information content (AvgIpc) is 2.50. The fraction of sp³-hybridized carbons (Fsp3) is 0.235. The van der Waals surface area contributed by atoms with Gasteiger partial charge in [0.15, 0.2) is 0 Å². The predicted octanol–water partition coefficient (Wildman–Crippen LogP) is 3.13. The number of hydrogen-bond donors (Lipinski definition) is 2. The van der Waals surface area contributed by atoms with E-state index in [1.54, 1.807) is 31.2 Å². The Kier molecular flexibility index (Phi) is 5.99. The Bertz CT molecular complexity index is 833. The Morgan fingerprint density at radius 3 is 2.42 bits per heavy atom. The first-order chi connectivity index (χ1) is 11.3. The second kappa shape index (κ2) is 7.79. The van der Waals surface area contributed by atoms with Crippen LogP contribution in [-0.2, 0) is 21.2 Å². The third-order valence-electron chi connectivity index (χ3n) is 3.42. The number of amides is 1. The Balaban J connectivity index is 2.09. The Hall–Kier alpha value is -1.89. The van der Waals surface area contributed by atoms with Crippen molar-refractivity contribution in [2.24, 2.45) is 0 Å². The fourth-order valence-corrected chi connectivity index (χ4v) is 3.66. The number of halogens is 1. The summed E-state index contributed by atoms with van der Waals surface area (Å²) in [6.07, 6.45) is 0.556. The molecule has 0 unspecified atom stereocenters. The third-order valence-corrected chi connectivity index (χ3v) is 5.27. The van der Waals surface area contributed by atoms with Gasteiger partial charge in [0.2, 0.25) is 15.9 Å². The first kappa shape index (κ1) is 18.4. The number of benzene rings is 2. The van der Waals surface area contributed by atoms with Gasteiger partial charge >= 0.3 is 0 Å². The molecule has 128 valence electrons. The van der Waals surface area contributed by atoms with Crippen LogP contribution in [0, 0.1) is 6.92 Å². The summed E-state index contributed by atoms with van der Waals surface area (Å²) >= 11 is 5.83. The summed E-state index contributed by atoms with van der Waals surface area (Å²) < 4.78 is 27.6. The molecule has 0 spiro atoms. The normalized spacial score (nSPS) is 11.3. The first-order valence-electron chi connectivity index (χ1n) is 7.40. The lowest BCUT2D eigenvalue weighted by Crippen LogP contribution is -2.26. The van der Waals surface area contributed by atoms with Crippen LogP contribution in [0.5, 0.6) is 0 Å². The third kappa shape index (κ3) is 5.06. The summed E-state index contributed by atoms with van der Waals surface area (Å²) in [7, 11) is -3.65. The van der Waals surface area contributed by atoms with E-state index in [0.29, 0.717) is 22.7 Å². The van der Waals surface area contributed by atoms with Crippen LogP contribution in [0.1, 0.15) is 18.1 Å². The second-order valence-electron chi connectivity index (χ2n) is 5.44. The van der Waals surface area contributed by atoms with Crippen LogP contribution in [0.15, 0.2) is 47.4 Å². The number of aryl methyl sites for hydroxylation is 1. The SMILES string of the molecule is CC(=O)Nc1ccc(C)c(S(=O)(=O)NCCc2ccc(Cl)cc2)c1. The molecule has 2 aromatic carbocycles. The summed E-state index contributed by atoms with van der Waals surface area (Å²) in [4.78, 5) is 11.3. The zero-order chi connectivity index (χ0) is 17.7. The average molecular weight is 367 g/mol. The number of anilines is 1. The number of carbonyl (C=O) groups is 1. The van der Waals surface area contributed by atoms with Crippen LogP contribution < -0.4 is 10.0 Å². The molecular formula is C17H19ClN2O3S. The number of sulfonamides is 1. The van der Waals surface area contributed by atoms with Crippen LogP contribution in [0.2, 0.25) is 5.02 Å². The Morgan fingerprint density at radius 1 is 1.12 bits per heavy atom. The molecule has 0 aromatic heterocycles. The molecule has 0 aliphatic rings. The first-order valence-corrected chi connectivity index (χ1v) is 9.26. The van der Waals surface area contributed by atoms with Gasteiger partial charge in [-0.15, -0.1) is 0 Å². The quantitative estimate of drug-likeness (QED) is 0.824. The molecule has 24 heavy (non-hydrogen) atoms. The molecule has 1 amide bonds. The minimum atomic E-state index is -3.65. The lowest BCUT2D eigenvalue weighted by atomic mass is 10.2. The van der Waals surface area contributed by atoms with E-state index in [4.69, 9.17) is 11.6 Å². The topological polar surface area (TPSA) is 75.3 Å². The zero-order valence-corrected chi connectivity index (χ0v) is 15.0. The monoisotopic (exact) mass is 366 g/mol. The summed E-state index contributed by atoms with van der Waals surface area (Å²) in [6.45, 7) is 3.36. The summed E-state index contributed by atoms with van der Waals surface area (Å²) in [5.41, 5.74) is 2.06. The van der Waals surface area contributed by atoms with Crippen molar-refractivity contribution in [1.82, 2.24) is 4.72 Å². The largest absolute Gasteiger partial charge is 0.326 e. The van der Waals surface area contributed by atoms with Gasteiger partial charge in [0.25, 0.3) is 0 Å². The van der Waals surface area contributed by atoms with E-state index in [0.717, 1.165) is 5.56 Å². The van der Waals surface area contributed by atoms with Gasteiger partial charge in [-0.1, -0.05) is 29.8 Å². The number of hydrogen-bond acceptors (Lipinski definition) is 3. The number of rotatable bonds is 6. The molecule has 0 aliphatic heterocycles. The van der Waals surface area contributed by atoms with E-state index in [1.165, 1.54) is 13.0 Å². The Labute approximate surface area is 147 Å². The summed E-state index contributed by atoms with van der Waals surface area (Å²) in [5, 5.41) is 3.23. The number of carbonyl (C=O) groups excluding carboxylic acids is 1. The minimum absolute atomic E-state index is 0.157. The van der Waals surface area contributed by atoms with Gasteiger partial charge in [-0.2, -0.15) is 0 Å². The lowest BCUT2D eigenvalue weighted by molar-refractivity contribution is -0.114. The highest BCUT2D eigenvalue weighted by Crippen LogP contribution is 2.20. The zero-order valence-electron chi connectivity index (χ0n) is 13.5. The van der Waals surface area contributed by atoms with Crippen molar-refractivity contribution in [3.63, 3.8) is 0 Å². The molecule has 0 bridgehead atoms.